The first-order valence-corrected chi connectivity index (χ1v) is 4.37. The molecule has 0 bridgehead atoms. The molecule has 0 radical (unpaired) electrons. The summed E-state index contributed by atoms with van der Waals surface area (Å²) in [7, 11) is 0. The van der Waals surface area contributed by atoms with Crippen molar-refractivity contribution in [3.63, 3.8) is 0 Å². The van der Waals surface area contributed by atoms with Crippen LogP contribution in [0.3, 0.4) is 0 Å². The molecular weight excluding hydrogens is 276 g/mol. The van der Waals surface area contributed by atoms with E-state index >= 15 is 0 Å². The van der Waals surface area contributed by atoms with Crippen molar-refractivity contribution in [1.82, 2.24) is 14.4 Å². The minimum absolute atomic E-state index is 0.472. The van der Waals surface area contributed by atoms with Crippen LogP contribution in [0.1, 0.15) is 0 Å². The van der Waals surface area contributed by atoms with E-state index in [4.69, 9.17) is 11.6 Å². The molecule has 0 aromatic carbocycles. The molecule has 0 atom stereocenters. The van der Waals surface area contributed by atoms with Crippen LogP contribution in [-0.4, -0.2) is 14.4 Å². The van der Waals surface area contributed by atoms with Gasteiger partial charge in [0.05, 0.1) is 6.20 Å². The van der Waals surface area contributed by atoms with Crippen LogP contribution in [0, 0.1) is 3.70 Å². The number of nitrogens with zero attached hydrogens (tertiary/aromatic N) is 3. The summed E-state index contributed by atoms with van der Waals surface area (Å²) in [4.78, 5) is 8.03. The summed E-state index contributed by atoms with van der Waals surface area (Å²) in [6.45, 7) is 0. The molecule has 2 aromatic rings. The highest BCUT2D eigenvalue weighted by Gasteiger charge is 1.99. The zero-order valence-corrected chi connectivity index (χ0v) is 8.24. The van der Waals surface area contributed by atoms with Crippen molar-refractivity contribution >= 4 is 39.8 Å². The molecule has 0 amide bonds. The highest BCUT2D eigenvalue weighted by atomic mass is 127. The Bertz CT molecular complexity index is 398. The van der Waals surface area contributed by atoms with Gasteiger partial charge in [-0.2, -0.15) is 0 Å². The summed E-state index contributed by atoms with van der Waals surface area (Å²) in [6, 6.07) is 1.73. The fourth-order valence-corrected chi connectivity index (χ4v) is 1.48. The molecule has 2 rings (SSSR count). The molecule has 0 unspecified atom stereocenters. The zero-order valence-electron chi connectivity index (χ0n) is 5.33. The third kappa shape index (κ3) is 1.20. The van der Waals surface area contributed by atoms with Crippen molar-refractivity contribution in [3.05, 3.63) is 27.4 Å². The Morgan fingerprint density at radius 3 is 3.09 bits per heavy atom. The number of rotatable bonds is 0. The average molecular weight is 279 g/mol. The number of imidazole rings is 1. The van der Waals surface area contributed by atoms with Gasteiger partial charge in [0.1, 0.15) is 20.8 Å². The first kappa shape index (κ1) is 7.30. The lowest BCUT2D eigenvalue weighted by Crippen LogP contribution is -1.88. The molecule has 0 saturated heterocycles. The van der Waals surface area contributed by atoms with Crippen LogP contribution in [-0.2, 0) is 0 Å². The number of hydrogen-bond acceptors (Lipinski definition) is 2. The predicted octanol–water partition coefficient (Wildman–Crippen LogP) is 1.99. The predicted molar refractivity (Wildman–Crippen MR) is 50.7 cm³/mol. The maximum Gasteiger partial charge on any atom is 0.141 e. The van der Waals surface area contributed by atoms with Gasteiger partial charge in [-0.05, 0) is 22.6 Å². The molecule has 0 fully saturated rings. The van der Waals surface area contributed by atoms with E-state index in [1.807, 2.05) is 4.40 Å². The summed E-state index contributed by atoms with van der Waals surface area (Å²) in [5.74, 6) is 0. The largest absolute Gasteiger partial charge is 0.278 e. The van der Waals surface area contributed by atoms with Crippen molar-refractivity contribution in [2.24, 2.45) is 0 Å². The van der Waals surface area contributed by atoms with Crippen LogP contribution in [0.25, 0.3) is 5.65 Å². The summed E-state index contributed by atoms with van der Waals surface area (Å²) < 4.78 is 2.90. The maximum absolute atomic E-state index is 5.66. The van der Waals surface area contributed by atoms with Gasteiger partial charge < -0.3 is 0 Å². The summed E-state index contributed by atoms with van der Waals surface area (Å²) in [6.07, 6.45) is 3.43. The molecule has 0 spiro atoms. The van der Waals surface area contributed by atoms with E-state index in [1.54, 1.807) is 18.6 Å². The summed E-state index contributed by atoms with van der Waals surface area (Å²) in [5.41, 5.74) is 0.828. The fraction of sp³-hybridized carbons (Fsp3) is 0. The van der Waals surface area contributed by atoms with Crippen molar-refractivity contribution in [2.45, 2.75) is 0 Å². The quantitative estimate of drug-likeness (QED) is 0.545. The molecule has 0 aliphatic heterocycles. The number of halogens is 2. The highest BCUT2D eigenvalue weighted by molar-refractivity contribution is 14.1. The minimum atomic E-state index is 0.472. The third-order valence-corrected chi connectivity index (χ3v) is 2.33. The average Bonchev–Trinajstić information content (AvgIpc) is 2.32. The molecule has 11 heavy (non-hydrogen) atoms. The third-order valence-electron chi connectivity index (χ3n) is 1.33. The Balaban J connectivity index is 2.86. The van der Waals surface area contributed by atoms with E-state index < -0.39 is 0 Å². The lowest BCUT2D eigenvalue weighted by atomic mass is 10.6. The highest BCUT2D eigenvalue weighted by Crippen LogP contribution is 2.11. The molecule has 0 aliphatic rings. The van der Waals surface area contributed by atoms with Crippen LogP contribution >= 0.6 is 34.2 Å². The SMILES string of the molecule is Clc1cc2ncc(I)n2cn1. The Kier molecular flexibility index (Phi) is 1.72. The van der Waals surface area contributed by atoms with Gasteiger partial charge >= 0.3 is 0 Å². The van der Waals surface area contributed by atoms with Gasteiger partial charge in [0, 0.05) is 6.07 Å². The van der Waals surface area contributed by atoms with E-state index in [1.165, 1.54) is 0 Å². The lowest BCUT2D eigenvalue weighted by Gasteiger charge is -1.92. The maximum atomic E-state index is 5.66. The van der Waals surface area contributed by atoms with Crippen molar-refractivity contribution in [3.8, 4) is 0 Å². The van der Waals surface area contributed by atoms with Gasteiger partial charge in [-0.3, -0.25) is 4.40 Å². The minimum Gasteiger partial charge on any atom is -0.278 e. The fourth-order valence-electron chi connectivity index (χ4n) is 0.831. The van der Waals surface area contributed by atoms with Crippen LogP contribution in [0.15, 0.2) is 18.6 Å². The molecule has 2 heterocycles. The molecule has 0 saturated carbocycles. The Morgan fingerprint density at radius 1 is 1.45 bits per heavy atom. The number of hydrogen-bond donors (Lipinski definition) is 0. The molecule has 2 aromatic heterocycles. The van der Waals surface area contributed by atoms with Crippen molar-refractivity contribution in [2.75, 3.05) is 0 Å². The van der Waals surface area contributed by atoms with Crippen LogP contribution in [0.2, 0.25) is 5.15 Å². The summed E-state index contributed by atoms with van der Waals surface area (Å²) >= 11 is 7.84. The van der Waals surface area contributed by atoms with Crippen LogP contribution in [0.5, 0.6) is 0 Å². The van der Waals surface area contributed by atoms with E-state index in [2.05, 4.69) is 32.6 Å². The van der Waals surface area contributed by atoms with E-state index in [9.17, 15) is 0 Å². The Labute approximate surface area is 81.6 Å². The number of fused-ring (bicyclic) bond motifs is 1. The van der Waals surface area contributed by atoms with E-state index in [0.717, 1.165) is 9.35 Å². The summed E-state index contributed by atoms with van der Waals surface area (Å²) in [5, 5.41) is 0.472. The van der Waals surface area contributed by atoms with Gasteiger partial charge in [0.15, 0.2) is 0 Å². The van der Waals surface area contributed by atoms with Gasteiger partial charge in [-0.15, -0.1) is 0 Å². The number of aromatic nitrogens is 3. The second-order valence-electron chi connectivity index (χ2n) is 2.02. The van der Waals surface area contributed by atoms with E-state index in [-0.39, 0.29) is 0 Å². The van der Waals surface area contributed by atoms with Gasteiger partial charge in [-0.25, -0.2) is 9.97 Å². The standard InChI is InChI=1S/C6H3ClIN3/c7-4-1-6-9-2-5(8)11(6)3-10-4/h1-3H. The first-order chi connectivity index (χ1) is 5.27. The van der Waals surface area contributed by atoms with Crippen molar-refractivity contribution < 1.29 is 0 Å². The zero-order chi connectivity index (χ0) is 7.84. The lowest BCUT2D eigenvalue weighted by molar-refractivity contribution is 1.06. The molecule has 3 nitrogen and oxygen atoms in total. The Morgan fingerprint density at radius 2 is 2.27 bits per heavy atom. The molecule has 56 valence electrons. The topological polar surface area (TPSA) is 30.2 Å². The van der Waals surface area contributed by atoms with Gasteiger partial charge in [0.2, 0.25) is 0 Å². The molecule has 0 N–H and O–H groups in total. The normalized spacial score (nSPS) is 10.7. The molecular formula is C6H3ClIN3. The second kappa shape index (κ2) is 2.60. The van der Waals surface area contributed by atoms with E-state index in [0.29, 0.717) is 5.15 Å². The van der Waals surface area contributed by atoms with Crippen molar-refractivity contribution in [1.29, 1.82) is 0 Å². The molecule has 0 aliphatic carbocycles. The van der Waals surface area contributed by atoms with Crippen LogP contribution in [0.4, 0.5) is 0 Å². The monoisotopic (exact) mass is 279 g/mol. The van der Waals surface area contributed by atoms with Gasteiger partial charge in [0.25, 0.3) is 0 Å². The van der Waals surface area contributed by atoms with Crippen LogP contribution < -0.4 is 0 Å². The second-order valence-corrected chi connectivity index (χ2v) is 3.51. The molecule has 5 heteroatoms. The first-order valence-electron chi connectivity index (χ1n) is 2.91. The van der Waals surface area contributed by atoms with Gasteiger partial charge in [-0.1, -0.05) is 11.6 Å². The Hall–Kier alpha value is -0.360. The smallest absolute Gasteiger partial charge is 0.141 e.